The van der Waals surface area contributed by atoms with Crippen molar-refractivity contribution in [2.45, 2.75) is 58.5 Å². The lowest BCUT2D eigenvalue weighted by molar-refractivity contribution is 0.163. The highest BCUT2D eigenvalue weighted by molar-refractivity contribution is 5.81. The Morgan fingerprint density at radius 2 is 2.04 bits per heavy atom. The summed E-state index contributed by atoms with van der Waals surface area (Å²) in [6, 6.07) is 6.98. The van der Waals surface area contributed by atoms with Gasteiger partial charge in [-0.05, 0) is 37.5 Å². The predicted octanol–water partition coefficient (Wildman–Crippen LogP) is 4.76. The molecule has 136 valence electrons. The molecule has 1 aromatic carbocycles. The molecule has 0 fully saturated rings. The summed E-state index contributed by atoms with van der Waals surface area (Å²) in [6.07, 6.45) is 9.83. The Morgan fingerprint density at radius 1 is 1.20 bits per heavy atom. The number of aliphatic hydroxyl groups is 1. The van der Waals surface area contributed by atoms with Crippen LogP contribution in [0.4, 0.5) is 0 Å². The molecule has 0 aliphatic carbocycles. The van der Waals surface area contributed by atoms with Gasteiger partial charge < -0.3 is 14.3 Å². The Kier molecular flexibility index (Phi) is 7.74. The second kappa shape index (κ2) is 10.0. The molecule has 2 aromatic rings. The van der Waals surface area contributed by atoms with Crippen LogP contribution in [0.1, 0.15) is 51.0 Å². The minimum absolute atomic E-state index is 0.272. The second-order valence-electron chi connectivity index (χ2n) is 6.43. The summed E-state index contributed by atoms with van der Waals surface area (Å²) >= 11 is 0. The summed E-state index contributed by atoms with van der Waals surface area (Å²) in [6.45, 7) is 4.49. The molecule has 0 aliphatic rings. The van der Waals surface area contributed by atoms with Crippen LogP contribution in [-0.2, 0) is 0 Å². The average Bonchev–Trinajstić information content (AvgIpc) is 2.58. The van der Waals surface area contributed by atoms with Gasteiger partial charge in [-0.15, -0.1) is 0 Å². The van der Waals surface area contributed by atoms with E-state index in [-0.39, 0.29) is 11.7 Å². The minimum Gasteiger partial charge on any atom is -0.489 e. The first-order valence-electron chi connectivity index (χ1n) is 9.10. The van der Waals surface area contributed by atoms with Crippen molar-refractivity contribution in [3.05, 3.63) is 52.4 Å². The number of benzene rings is 1. The third kappa shape index (κ3) is 6.39. The largest absolute Gasteiger partial charge is 0.489 e. The zero-order chi connectivity index (χ0) is 18.1. The maximum Gasteiger partial charge on any atom is 0.336 e. The van der Waals surface area contributed by atoms with E-state index < -0.39 is 0 Å². The van der Waals surface area contributed by atoms with E-state index in [1.165, 1.54) is 25.3 Å². The normalized spacial score (nSPS) is 12.8. The molecule has 4 heteroatoms. The van der Waals surface area contributed by atoms with Crippen molar-refractivity contribution in [2.24, 2.45) is 0 Å². The zero-order valence-corrected chi connectivity index (χ0v) is 15.2. The fourth-order valence-electron chi connectivity index (χ4n) is 2.79. The van der Waals surface area contributed by atoms with E-state index in [1.54, 1.807) is 6.07 Å². The van der Waals surface area contributed by atoms with Crippen LogP contribution in [0.3, 0.4) is 0 Å². The number of ether oxygens (including phenoxy) is 1. The van der Waals surface area contributed by atoms with Crippen LogP contribution in [0.15, 0.2) is 45.6 Å². The number of aliphatic hydroxyl groups excluding tert-OH is 1. The van der Waals surface area contributed by atoms with Gasteiger partial charge in [-0.3, -0.25) is 0 Å². The number of fused-ring (bicyclic) bond motifs is 1. The van der Waals surface area contributed by atoms with E-state index in [2.05, 4.69) is 6.92 Å². The van der Waals surface area contributed by atoms with Gasteiger partial charge in [0.05, 0.1) is 6.10 Å². The van der Waals surface area contributed by atoms with Gasteiger partial charge >= 0.3 is 5.63 Å². The summed E-state index contributed by atoms with van der Waals surface area (Å²) < 4.78 is 10.9. The fourth-order valence-corrected chi connectivity index (χ4v) is 2.79. The van der Waals surface area contributed by atoms with Gasteiger partial charge in [0.1, 0.15) is 17.9 Å². The average molecular weight is 344 g/mol. The highest BCUT2D eigenvalue weighted by atomic mass is 16.5. The molecule has 1 N–H and O–H groups in total. The lowest BCUT2D eigenvalue weighted by Crippen LogP contribution is -2.04. The van der Waals surface area contributed by atoms with Crippen LogP contribution in [0, 0.1) is 6.92 Å². The summed E-state index contributed by atoms with van der Waals surface area (Å²) in [5.74, 6) is 0.658. The molecular formula is C21H28O4. The van der Waals surface area contributed by atoms with Crippen molar-refractivity contribution >= 4 is 11.0 Å². The van der Waals surface area contributed by atoms with Gasteiger partial charge in [-0.2, -0.15) is 0 Å². The van der Waals surface area contributed by atoms with Crippen LogP contribution in [0.25, 0.3) is 11.0 Å². The molecular weight excluding hydrogens is 316 g/mol. The SMILES string of the molecule is CCCCCCC(O)C/C=C/COc1ccc2c(C)cc(=O)oc2c1. The van der Waals surface area contributed by atoms with Crippen molar-refractivity contribution in [1.29, 1.82) is 0 Å². The Bertz CT molecular complexity index is 745. The predicted molar refractivity (Wildman–Crippen MR) is 101 cm³/mol. The maximum absolute atomic E-state index is 11.4. The van der Waals surface area contributed by atoms with E-state index in [9.17, 15) is 9.90 Å². The topological polar surface area (TPSA) is 59.7 Å². The van der Waals surface area contributed by atoms with Crippen molar-refractivity contribution < 1.29 is 14.3 Å². The van der Waals surface area contributed by atoms with E-state index in [1.807, 2.05) is 31.2 Å². The van der Waals surface area contributed by atoms with Crippen LogP contribution in [0.5, 0.6) is 5.75 Å². The standard InChI is InChI=1S/C21H28O4/c1-3-4-5-6-9-17(22)10-7-8-13-24-18-11-12-19-16(2)14-21(23)25-20(19)15-18/h7-8,11-12,14-15,17,22H,3-6,9-10,13H2,1-2H3/b8-7+. The first-order valence-corrected chi connectivity index (χ1v) is 9.10. The molecule has 1 heterocycles. The lowest BCUT2D eigenvalue weighted by atomic mass is 10.1. The number of hydrogen-bond acceptors (Lipinski definition) is 4. The number of rotatable bonds is 10. The van der Waals surface area contributed by atoms with Gasteiger partial charge in [-0.1, -0.05) is 44.8 Å². The number of unbranched alkanes of at least 4 members (excludes halogenated alkanes) is 3. The molecule has 1 atom stereocenters. The molecule has 1 unspecified atom stereocenters. The maximum atomic E-state index is 11.4. The molecule has 2 rings (SSSR count). The number of hydrogen-bond donors (Lipinski definition) is 1. The first-order chi connectivity index (χ1) is 12.1. The third-order valence-corrected chi connectivity index (χ3v) is 4.23. The van der Waals surface area contributed by atoms with Crippen LogP contribution < -0.4 is 10.4 Å². The van der Waals surface area contributed by atoms with Crippen LogP contribution in [-0.4, -0.2) is 17.8 Å². The van der Waals surface area contributed by atoms with Crippen molar-refractivity contribution in [2.75, 3.05) is 6.61 Å². The summed E-state index contributed by atoms with van der Waals surface area (Å²) in [5.41, 5.74) is 1.08. The lowest BCUT2D eigenvalue weighted by Gasteiger charge is -2.07. The highest BCUT2D eigenvalue weighted by Gasteiger charge is 2.04. The Labute approximate surface area is 149 Å². The molecule has 25 heavy (non-hydrogen) atoms. The van der Waals surface area contributed by atoms with E-state index >= 15 is 0 Å². The first kappa shape index (κ1) is 19.3. The number of aryl methyl sites for hydroxylation is 1. The van der Waals surface area contributed by atoms with Gasteiger partial charge in [-0.25, -0.2) is 4.79 Å². The Hall–Kier alpha value is -2.07. The van der Waals surface area contributed by atoms with Crippen LogP contribution >= 0.6 is 0 Å². The van der Waals surface area contributed by atoms with Gasteiger partial charge in [0.15, 0.2) is 0 Å². The fraction of sp³-hybridized carbons (Fsp3) is 0.476. The monoisotopic (exact) mass is 344 g/mol. The molecule has 0 saturated carbocycles. The molecule has 0 amide bonds. The van der Waals surface area contributed by atoms with Gasteiger partial charge in [0, 0.05) is 17.5 Å². The van der Waals surface area contributed by atoms with E-state index in [0.29, 0.717) is 24.4 Å². The highest BCUT2D eigenvalue weighted by Crippen LogP contribution is 2.22. The van der Waals surface area contributed by atoms with Crippen molar-refractivity contribution in [3.63, 3.8) is 0 Å². The van der Waals surface area contributed by atoms with Crippen molar-refractivity contribution in [1.82, 2.24) is 0 Å². The molecule has 0 saturated heterocycles. The van der Waals surface area contributed by atoms with E-state index in [4.69, 9.17) is 9.15 Å². The minimum atomic E-state index is -0.352. The van der Waals surface area contributed by atoms with Gasteiger partial charge in [0.25, 0.3) is 0 Å². The molecule has 0 spiro atoms. The Balaban J connectivity index is 1.78. The summed E-state index contributed by atoms with van der Waals surface area (Å²) in [4.78, 5) is 11.4. The van der Waals surface area contributed by atoms with E-state index in [0.717, 1.165) is 23.8 Å². The zero-order valence-electron chi connectivity index (χ0n) is 15.2. The summed E-state index contributed by atoms with van der Waals surface area (Å²) in [7, 11) is 0. The third-order valence-electron chi connectivity index (χ3n) is 4.23. The molecule has 1 aromatic heterocycles. The van der Waals surface area contributed by atoms with Crippen LogP contribution in [0.2, 0.25) is 0 Å². The van der Waals surface area contributed by atoms with Crippen molar-refractivity contribution in [3.8, 4) is 5.75 Å². The Morgan fingerprint density at radius 3 is 2.84 bits per heavy atom. The van der Waals surface area contributed by atoms with Gasteiger partial charge in [0.2, 0.25) is 0 Å². The summed E-state index contributed by atoms with van der Waals surface area (Å²) in [5, 5.41) is 10.8. The molecule has 0 aliphatic heterocycles. The smallest absolute Gasteiger partial charge is 0.336 e. The molecule has 0 bridgehead atoms. The molecule has 4 nitrogen and oxygen atoms in total. The quantitative estimate of drug-likeness (QED) is 0.383. The molecule has 0 radical (unpaired) electrons. The second-order valence-corrected chi connectivity index (χ2v) is 6.43.